The van der Waals surface area contributed by atoms with Crippen molar-refractivity contribution in [1.82, 2.24) is 5.32 Å². The molecule has 1 unspecified atom stereocenters. The van der Waals surface area contributed by atoms with Crippen LogP contribution in [0, 0.1) is 0 Å². The van der Waals surface area contributed by atoms with Gasteiger partial charge >= 0.3 is 0 Å². The number of hydrogen-bond acceptors (Lipinski definition) is 2. The minimum Gasteiger partial charge on any atom is -0.359 e. The van der Waals surface area contributed by atoms with Gasteiger partial charge in [0.05, 0.1) is 5.54 Å². The highest BCUT2D eigenvalue weighted by atomic mass is 35.5. The number of nitrogens with one attached hydrogen (secondary N) is 1. The van der Waals surface area contributed by atoms with Gasteiger partial charge in [-0.05, 0) is 36.8 Å². The molecule has 2 aromatic carbocycles. The van der Waals surface area contributed by atoms with E-state index in [0.29, 0.717) is 0 Å². The summed E-state index contributed by atoms with van der Waals surface area (Å²) in [5.41, 5.74) is 2.53. The van der Waals surface area contributed by atoms with E-state index in [1.807, 2.05) is 12.1 Å². The standard InChI is InChI=1S/C17H19ClN2/c1-17(14-5-3-2-4-6-14)13-19-11-12-20(17)16-9-7-15(18)8-10-16/h2-10,19H,11-13H2,1H3. The van der Waals surface area contributed by atoms with Gasteiger partial charge in [-0.2, -0.15) is 0 Å². The molecule has 1 atom stereocenters. The lowest BCUT2D eigenvalue weighted by Gasteiger charge is -2.47. The Morgan fingerprint density at radius 3 is 2.45 bits per heavy atom. The van der Waals surface area contributed by atoms with E-state index in [1.54, 1.807) is 0 Å². The lowest BCUT2D eigenvalue weighted by atomic mass is 9.87. The molecule has 3 rings (SSSR count). The molecule has 0 radical (unpaired) electrons. The van der Waals surface area contributed by atoms with E-state index in [1.165, 1.54) is 11.3 Å². The third kappa shape index (κ3) is 2.41. The third-order valence-corrected chi connectivity index (χ3v) is 4.36. The fourth-order valence-corrected chi connectivity index (χ4v) is 3.08. The second-order valence-electron chi connectivity index (χ2n) is 5.44. The Balaban J connectivity index is 2.01. The van der Waals surface area contributed by atoms with E-state index < -0.39 is 0 Å². The first kappa shape index (κ1) is 13.5. The maximum atomic E-state index is 6.01. The van der Waals surface area contributed by atoms with Crippen molar-refractivity contribution in [2.45, 2.75) is 12.5 Å². The number of benzene rings is 2. The van der Waals surface area contributed by atoms with Gasteiger partial charge in [0.1, 0.15) is 0 Å². The molecule has 104 valence electrons. The highest BCUT2D eigenvalue weighted by Gasteiger charge is 2.35. The molecule has 0 saturated carbocycles. The quantitative estimate of drug-likeness (QED) is 0.906. The van der Waals surface area contributed by atoms with Gasteiger partial charge in [-0.1, -0.05) is 41.9 Å². The van der Waals surface area contributed by atoms with Crippen LogP contribution >= 0.6 is 11.6 Å². The topological polar surface area (TPSA) is 15.3 Å². The molecule has 3 heteroatoms. The lowest BCUT2D eigenvalue weighted by Crippen LogP contribution is -2.57. The Bertz CT molecular complexity index is 567. The molecule has 0 amide bonds. The molecule has 0 bridgehead atoms. The molecule has 0 aliphatic carbocycles. The smallest absolute Gasteiger partial charge is 0.0750 e. The Labute approximate surface area is 125 Å². The second kappa shape index (κ2) is 5.47. The Morgan fingerprint density at radius 2 is 1.75 bits per heavy atom. The van der Waals surface area contributed by atoms with E-state index in [4.69, 9.17) is 11.6 Å². The summed E-state index contributed by atoms with van der Waals surface area (Å²) < 4.78 is 0. The van der Waals surface area contributed by atoms with Crippen LogP contribution in [0.5, 0.6) is 0 Å². The molecule has 1 fully saturated rings. The molecule has 20 heavy (non-hydrogen) atoms. The van der Waals surface area contributed by atoms with Crippen molar-refractivity contribution in [3.63, 3.8) is 0 Å². The fourth-order valence-electron chi connectivity index (χ4n) is 2.96. The zero-order chi connectivity index (χ0) is 14.0. The van der Waals surface area contributed by atoms with Crippen LogP contribution in [0.15, 0.2) is 54.6 Å². The monoisotopic (exact) mass is 286 g/mol. The Morgan fingerprint density at radius 1 is 1.05 bits per heavy atom. The van der Waals surface area contributed by atoms with Crippen molar-refractivity contribution < 1.29 is 0 Å². The molecule has 1 aliphatic rings. The predicted octanol–water partition coefficient (Wildman–Crippen LogP) is 3.67. The number of hydrogen-bond donors (Lipinski definition) is 1. The van der Waals surface area contributed by atoms with Crippen LogP contribution in [0.1, 0.15) is 12.5 Å². The third-order valence-electron chi connectivity index (χ3n) is 4.11. The van der Waals surface area contributed by atoms with E-state index in [-0.39, 0.29) is 5.54 Å². The van der Waals surface area contributed by atoms with E-state index in [9.17, 15) is 0 Å². The summed E-state index contributed by atoms with van der Waals surface area (Å²) in [6, 6.07) is 18.8. The van der Waals surface area contributed by atoms with Crippen molar-refractivity contribution in [2.24, 2.45) is 0 Å². The van der Waals surface area contributed by atoms with Gasteiger partial charge in [-0.15, -0.1) is 0 Å². The van der Waals surface area contributed by atoms with Crippen molar-refractivity contribution in [2.75, 3.05) is 24.5 Å². The number of halogens is 1. The first-order valence-electron chi connectivity index (χ1n) is 7.00. The molecular weight excluding hydrogens is 268 g/mol. The SMILES string of the molecule is CC1(c2ccccc2)CNCCN1c1ccc(Cl)cc1. The van der Waals surface area contributed by atoms with Gasteiger partial charge < -0.3 is 10.2 Å². The molecular formula is C17H19ClN2. The Hall–Kier alpha value is -1.51. The summed E-state index contributed by atoms with van der Waals surface area (Å²) in [7, 11) is 0. The number of piperazine rings is 1. The van der Waals surface area contributed by atoms with Crippen LogP contribution in [0.3, 0.4) is 0 Å². The zero-order valence-electron chi connectivity index (χ0n) is 11.6. The van der Waals surface area contributed by atoms with Crippen molar-refractivity contribution in [3.8, 4) is 0 Å². The summed E-state index contributed by atoms with van der Waals surface area (Å²) in [4.78, 5) is 2.47. The van der Waals surface area contributed by atoms with Gasteiger partial charge in [0.25, 0.3) is 0 Å². The minimum atomic E-state index is -0.0344. The number of nitrogens with zero attached hydrogens (tertiary/aromatic N) is 1. The Kier molecular flexibility index (Phi) is 3.68. The molecule has 1 saturated heterocycles. The van der Waals surface area contributed by atoms with E-state index in [0.717, 1.165) is 24.7 Å². The van der Waals surface area contributed by atoms with Crippen LogP contribution in [-0.4, -0.2) is 19.6 Å². The van der Waals surface area contributed by atoms with Gasteiger partial charge in [-0.25, -0.2) is 0 Å². The van der Waals surface area contributed by atoms with Crippen LogP contribution < -0.4 is 10.2 Å². The normalized spacial score (nSPS) is 22.8. The molecule has 1 aliphatic heterocycles. The molecule has 2 aromatic rings. The number of rotatable bonds is 2. The van der Waals surface area contributed by atoms with E-state index >= 15 is 0 Å². The first-order chi connectivity index (χ1) is 9.70. The van der Waals surface area contributed by atoms with Crippen LogP contribution in [0.25, 0.3) is 0 Å². The van der Waals surface area contributed by atoms with Gasteiger partial charge in [0, 0.05) is 30.3 Å². The largest absolute Gasteiger partial charge is 0.359 e. The average Bonchev–Trinajstić information content (AvgIpc) is 2.50. The molecule has 1 heterocycles. The summed E-state index contributed by atoms with van der Waals surface area (Å²) >= 11 is 6.01. The lowest BCUT2D eigenvalue weighted by molar-refractivity contribution is 0.361. The van der Waals surface area contributed by atoms with Crippen LogP contribution in [0.4, 0.5) is 5.69 Å². The molecule has 0 aromatic heterocycles. The van der Waals surface area contributed by atoms with Gasteiger partial charge in [0.15, 0.2) is 0 Å². The maximum Gasteiger partial charge on any atom is 0.0750 e. The average molecular weight is 287 g/mol. The molecule has 0 spiro atoms. The fraction of sp³-hybridized carbons (Fsp3) is 0.294. The van der Waals surface area contributed by atoms with Crippen molar-refractivity contribution >= 4 is 17.3 Å². The number of anilines is 1. The van der Waals surface area contributed by atoms with Crippen LogP contribution in [0.2, 0.25) is 5.02 Å². The van der Waals surface area contributed by atoms with Gasteiger partial charge in [0.2, 0.25) is 0 Å². The molecule has 1 N–H and O–H groups in total. The van der Waals surface area contributed by atoms with Gasteiger partial charge in [-0.3, -0.25) is 0 Å². The summed E-state index contributed by atoms with van der Waals surface area (Å²) in [5.74, 6) is 0. The second-order valence-corrected chi connectivity index (χ2v) is 5.88. The maximum absolute atomic E-state index is 6.01. The minimum absolute atomic E-state index is 0.0344. The van der Waals surface area contributed by atoms with Crippen LogP contribution in [-0.2, 0) is 5.54 Å². The first-order valence-corrected chi connectivity index (χ1v) is 7.37. The van der Waals surface area contributed by atoms with Crippen molar-refractivity contribution in [1.29, 1.82) is 0 Å². The summed E-state index contributed by atoms with van der Waals surface area (Å²) in [6.07, 6.45) is 0. The van der Waals surface area contributed by atoms with Crippen molar-refractivity contribution in [3.05, 3.63) is 65.2 Å². The highest BCUT2D eigenvalue weighted by molar-refractivity contribution is 6.30. The zero-order valence-corrected chi connectivity index (χ0v) is 12.4. The highest BCUT2D eigenvalue weighted by Crippen LogP contribution is 2.34. The predicted molar refractivity (Wildman–Crippen MR) is 85.5 cm³/mol. The molecule has 2 nitrogen and oxygen atoms in total. The summed E-state index contributed by atoms with van der Waals surface area (Å²) in [6.45, 7) is 5.24. The van der Waals surface area contributed by atoms with E-state index in [2.05, 4.69) is 59.6 Å². The summed E-state index contributed by atoms with van der Waals surface area (Å²) in [5, 5.41) is 4.30.